The second kappa shape index (κ2) is 7.23. The SMILES string of the molecule is CCOc1ccc(-c2csc(/C(C#N)=C/c3cccs3)n2)cc1. The summed E-state index contributed by atoms with van der Waals surface area (Å²) in [5.41, 5.74) is 2.49. The van der Waals surface area contributed by atoms with Crippen molar-refractivity contribution >= 4 is 34.3 Å². The van der Waals surface area contributed by atoms with Crippen LogP contribution < -0.4 is 4.74 Å². The first-order valence-corrected chi connectivity index (χ1v) is 8.90. The Balaban J connectivity index is 1.86. The van der Waals surface area contributed by atoms with Gasteiger partial charge in [-0.3, -0.25) is 0 Å². The van der Waals surface area contributed by atoms with E-state index in [0.717, 1.165) is 26.9 Å². The van der Waals surface area contributed by atoms with Crippen molar-refractivity contribution in [2.45, 2.75) is 6.92 Å². The van der Waals surface area contributed by atoms with Crippen LogP contribution in [0, 0.1) is 11.3 Å². The van der Waals surface area contributed by atoms with Gasteiger partial charge in [0.1, 0.15) is 16.8 Å². The second-order valence-corrected chi connectivity index (χ2v) is 6.52. The highest BCUT2D eigenvalue weighted by Crippen LogP contribution is 2.28. The van der Waals surface area contributed by atoms with E-state index < -0.39 is 0 Å². The van der Waals surface area contributed by atoms with Crippen LogP contribution >= 0.6 is 22.7 Å². The number of hydrogen-bond donors (Lipinski definition) is 0. The number of nitriles is 1. The van der Waals surface area contributed by atoms with E-state index in [1.165, 1.54) is 11.3 Å². The quantitative estimate of drug-likeness (QED) is 0.590. The molecule has 0 aliphatic heterocycles. The summed E-state index contributed by atoms with van der Waals surface area (Å²) in [6.45, 7) is 2.61. The molecule has 0 fully saturated rings. The Morgan fingerprint density at radius 2 is 2.09 bits per heavy atom. The van der Waals surface area contributed by atoms with Gasteiger partial charge in [0.2, 0.25) is 0 Å². The Kier molecular flexibility index (Phi) is 4.86. The van der Waals surface area contributed by atoms with Crippen LogP contribution in [-0.2, 0) is 0 Å². The summed E-state index contributed by atoms with van der Waals surface area (Å²) in [7, 11) is 0. The smallest absolute Gasteiger partial charge is 0.134 e. The zero-order chi connectivity index (χ0) is 16.1. The molecule has 114 valence electrons. The van der Waals surface area contributed by atoms with Gasteiger partial charge in [0.05, 0.1) is 17.9 Å². The van der Waals surface area contributed by atoms with Gasteiger partial charge in [-0.05, 0) is 48.7 Å². The van der Waals surface area contributed by atoms with Gasteiger partial charge in [0, 0.05) is 15.8 Å². The van der Waals surface area contributed by atoms with E-state index in [4.69, 9.17) is 4.74 Å². The molecular formula is C18H14N2OS2. The van der Waals surface area contributed by atoms with Crippen molar-refractivity contribution in [3.05, 3.63) is 57.0 Å². The number of thiophene rings is 1. The summed E-state index contributed by atoms with van der Waals surface area (Å²) in [4.78, 5) is 5.65. The number of allylic oxidation sites excluding steroid dienone is 1. The molecule has 3 aromatic rings. The minimum atomic E-state index is 0.592. The van der Waals surface area contributed by atoms with Crippen molar-refractivity contribution in [1.82, 2.24) is 4.98 Å². The van der Waals surface area contributed by atoms with Crippen LogP contribution in [0.5, 0.6) is 5.75 Å². The fourth-order valence-corrected chi connectivity index (χ4v) is 3.53. The zero-order valence-electron chi connectivity index (χ0n) is 12.5. The largest absolute Gasteiger partial charge is 0.494 e. The van der Waals surface area contributed by atoms with Gasteiger partial charge < -0.3 is 4.74 Å². The molecule has 0 aliphatic rings. The second-order valence-electron chi connectivity index (χ2n) is 4.68. The molecule has 0 saturated heterocycles. The molecule has 2 aromatic heterocycles. The van der Waals surface area contributed by atoms with Gasteiger partial charge in [-0.25, -0.2) is 4.98 Å². The molecule has 23 heavy (non-hydrogen) atoms. The maximum absolute atomic E-state index is 9.39. The van der Waals surface area contributed by atoms with Crippen LogP contribution in [0.1, 0.15) is 16.8 Å². The fraction of sp³-hybridized carbons (Fsp3) is 0.111. The number of ether oxygens (including phenoxy) is 1. The molecule has 0 radical (unpaired) electrons. The highest BCUT2D eigenvalue weighted by molar-refractivity contribution is 7.12. The van der Waals surface area contributed by atoms with Crippen molar-refractivity contribution < 1.29 is 4.74 Å². The van der Waals surface area contributed by atoms with Crippen molar-refractivity contribution in [2.75, 3.05) is 6.61 Å². The van der Waals surface area contributed by atoms with E-state index in [2.05, 4.69) is 11.1 Å². The first kappa shape index (κ1) is 15.5. The van der Waals surface area contributed by atoms with Crippen molar-refractivity contribution in [3.63, 3.8) is 0 Å². The summed E-state index contributed by atoms with van der Waals surface area (Å²) < 4.78 is 5.45. The molecule has 1 aromatic carbocycles. The number of aromatic nitrogens is 1. The average Bonchev–Trinajstić information content (AvgIpc) is 3.25. The molecule has 0 amide bonds. The average molecular weight is 338 g/mol. The standard InChI is InChI=1S/C18H14N2OS2/c1-2-21-15-7-5-13(6-8-15)17-12-23-18(20-17)14(11-19)10-16-4-3-9-22-16/h3-10,12H,2H2,1H3/b14-10+. The summed E-state index contributed by atoms with van der Waals surface area (Å²) in [6, 6.07) is 14.0. The van der Waals surface area contributed by atoms with Gasteiger partial charge in [0.25, 0.3) is 0 Å². The molecule has 0 bridgehead atoms. The van der Waals surface area contributed by atoms with Crippen LogP contribution in [0.4, 0.5) is 0 Å². The van der Waals surface area contributed by atoms with Gasteiger partial charge in [-0.1, -0.05) is 6.07 Å². The van der Waals surface area contributed by atoms with Crippen LogP contribution in [-0.4, -0.2) is 11.6 Å². The summed E-state index contributed by atoms with van der Waals surface area (Å²) in [5, 5.41) is 14.1. The summed E-state index contributed by atoms with van der Waals surface area (Å²) in [5.74, 6) is 0.849. The minimum absolute atomic E-state index is 0.592. The monoisotopic (exact) mass is 338 g/mol. The van der Waals surface area contributed by atoms with Gasteiger partial charge in [-0.15, -0.1) is 22.7 Å². The van der Waals surface area contributed by atoms with Gasteiger partial charge in [-0.2, -0.15) is 5.26 Å². The third-order valence-electron chi connectivity index (χ3n) is 3.15. The summed E-state index contributed by atoms with van der Waals surface area (Å²) >= 11 is 3.09. The molecule has 0 aliphatic carbocycles. The third kappa shape index (κ3) is 3.67. The molecule has 0 spiro atoms. The lowest BCUT2D eigenvalue weighted by atomic mass is 10.1. The predicted octanol–water partition coefficient (Wildman–Crippen LogP) is 5.33. The molecular weight excluding hydrogens is 324 g/mol. The van der Waals surface area contributed by atoms with Crippen molar-refractivity contribution in [2.24, 2.45) is 0 Å². The van der Waals surface area contributed by atoms with E-state index in [-0.39, 0.29) is 0 Å². The molecule has 3 rings (SSSR count). The Morgan fingerprint density at radius 1 is 1.26 bits per heavy atom. The van der Waals surface area contributed by atoms with Crippen LogP contribution in [0.15, 0.2) is 47.2 Å². The molecule has 3 nitrogen and oxygen atoms in total. The fourth-order valence-electron chi connectivity index (χ4n) is 2.08. The predicted molar refractivity (Wildman–Crippen MR) is 96.5 cm³/mol. The van der Waals surface area contributed by atoms with Crippen LogP contribution in [0.25, 0.3) is 22.9 Å². The zero-order valence-corrected chi connectivity index (χ0v) is 14.2. The lowest BCUT2D eigenvalue weighted by molar-refractivity contribution is 0.340. The third-order valence-corrected chi connectivity index (χ3v) is 4.84. The molecule has 0 saturated carbocycles. The van der Waals surface area contributed by atoms with Crippen molar-refractivity contribution in [1.29, 1.82) is 5.26 Å². The molecule has 5 heteroatoms. The number of thiazole rings is 1. The van der Waals surface area contributed by atoms with Crippen LogP contribution in [0.2, 0.25) is 0 Å². The Bertz CT molecular complexity index is 840. The normalized spacial score (nSPS) is 11.2. The molecule has 0 atom stereocenters. The number of nitrogens with zero attached hydrogens (tertiary/aromatic N) is 2. The van der Waals surface area contributed by atoms with Gasteiger partial charge in [0.15, 0.2) is 0 Å². The number of hydrogen-bond acceptors (Lipinski definition) is 5. The maximum atomic E-state index is 9.39. The molecule has 0 unspecified atom stereocenters. The first-order chi connectivity index (χ1) is 11.3. The van der Waals surface area contributed by atoms with E-state index in [1.54, 1.807) is 11.3 Å². The lowest BCUT2D eigenvalue weighted by Crippen LogP contribution is -1.90. The Hall–Kier alpha value is -2.42. The van der Waals surface area contributed by atoms with Crippen molar-refractivity contribution in [3.8, 4) is 23.1 Å². The topological polar surface area (TPSA) is 45.9 Å². The maximum Gasteiger partial charge on any atom is 0.134 e. The minimum Gasteiger partial charge on any atom is -0.494 e. The van der Waals surface area contributed by atoms with E-state index in [1.807, 2.05) is 60.2 Å². The van der Waals surface area contributed by atoms with E-state index >= 15 is 0 Å². The van der Waals surface area contributed by atoms with E-state index in [0.29, 0.717) is 12.2 Å². The Labute approximate surface area is 143 Å². The highest BCUT2D eigenvalue weighted by atomic mass is 32.1. The molecule has 2 heterocycles. The summed E-state index contributed by atoms with van der Waals surface area (Å²) in [6.07, 6.45) is 1.88. The highest BCUT2D eigenvalue weighted by Gasteiger charge is 2.09. The van der Waals surface area contributed by atoms with Gasteiger partial charge >= 0.3 is 0 Å². The number of benzene rings is 1. The number of rotatable bonds is 5. The van der Waals surface area contributed by atoms with E-state index in [9.17, 15) is 5.26 Å². The lowest BCUT2D eigenvalue weighted by Gasteiger charge is -2.03. The Morgan fingerprint density at radius 3 is 2.74 bits per heavy atom. The van der Waals surface area contributed by atoms with Crippen LogP contribution in [0.3, 0.4) is 0 Å². The molecule has 0 N–H and O–H groups in total. The first-order valence-electron chi connectivity index (χ1n) is 7.14.